The molecule has 0 radical (unpaired) electrons. The van der Waals surface area contributed by atoms with E-state index >= 15 is 0 Å². The zero-order valence-corrected chi connectivity index (χ0v) is 16.5. The van der Waals surface area contributed by atoms with Gasteiger partial charge in [0.15, 0.2) is 6.61 Å². The molecule has 0 spiro atoms. The van der Waals surface area contributed by atoms with Crippen molar-refractivity contribution in [3.63, 3.8) is 0 Å². The quantitative estimate of drug-likeness (QED) is 0.634. The van der Waals surface area contributed by atoms with Crippen LogP contribution in [0.3, 0.4) is 0 Å². The van der Waals surface area contributed by atoms with E-state index in [0.29, 0.717) is 17.1 Å². The van der Waals surface area contributed by atoms with Crippen molar-refractivity contribution in [3.8, 4) is 5.69 Å². The summed E-state index contributed by atoms with van der Waals surface area (Å²) in [6.45, 7) is 3.80. The molecule has 0 aliphatic carbocycles. The molecule has 0 saturated carbocycles. The molecule has 1 aromatic heterocycles. The van der Waals surface area contributed by atoms with Crippen molar-refractivity contribution in [2.45, 2.75) is 20.4 Å². The Morgan fingerprint density at radius 1 is 1.04 bits per heavy atom. The van der Waals surface area contributed by atoms with Crippen molar-refractivity contribution in [2.24, 2.45) is 0 Å². The maximum Gasteiger partial charge on any atom is 0.340 e. The van der Waals surface area contributed by atoms with E-state index in [1.807, 2.05) is 60.9 Å². The minimum atomic E-state index is -0.517. The van der Waals surface area contributed by atoms with Gasteiger partial charge in [0.2, 0.25) is 0 Å². The Bertz CT molecular complexity index is 979. The fraction of sp³-hybridized carbons (Fsp3) is 0.182. The highest BCUT2D eigenvalue weighted by atomic mass is 35.5. The minimum absolute atomic E-state index is 0.332. The average Bonchev–Trinajstić information content (AvgIpc) is 3.00. The summed E-state index contributed by atoms with van der Waals surface area (Å²) in [6.07, 6.45) is 0. The van der Waals surface area contributed by atoms with E-state index in [-0.39, 0.29) is 12.5 Å². The van der Waals surface area contributed by atoms with Gasteiger partial charge in [-0.2, -0.15) is 0 Å². The van der Waals surface area contributed by atoms with E-state index in [1.54, 1.807) is 18.2 Å². The molecule has 0 aliphatic heterocycles. The van der Waals surface area contributed by atoms with Crippen LogP contribution >= 0.6 is 11.6 Å². The van der Waals surface area contributed by atoms with E-state index < -0.39 is 5.97 Å². The van der Waals surface area contributed by atoms with Crippen LogP contribution in [-0.2, 0) is 16.1 Å². The third-order valence-electron chi connectivity index (χ3n) is 4.40. The van der Waals surface area contributed by atoms with Crippen LogP contribution < -0.4 is 5.32 Å². The number of para-hydroxylation sites is 1. The summed E-state index contributed by atoms with van der Waals surface area (Å²) < 4.78 is 7.18. The smallest absolute Gasteiger partial charge is 0.340 e. The van der Waals surface area contributed by atoms with E-state index in [1.165, 1.54) is 0 Å². The number of rotatable bonds is 6. The standard InChI is InChI=1S/C22H21ClN2O3/c1-15-12-20(16(2)25(15)19-6-4-3-5-7-19)22(27)28-14-21(26)24-13-17-8-10-18(23)11-9-17/h3-12H,13-14H2,1-2H3,(H,24,26). The van der Waals surface area contributed by atoms with E-state index in [9.17, 15) is 9.59 Å². The number of carbonyl (C=O) groups excluding carboxylic acids is 2. The lowest BCUT2D eigenvalue weighted by molar-refractivity contribution is -0.124. The number of nitrogens with one attached hydrogen (secondary N) is 1. The zero-order valence-electron chi connectivity index (χ0n) is 15.7. The highest BCUT2D eigenvalue weighted by Crippen LogP contribution is 2.21. The second-order valence-electron chi connectivity index (χ2n) is 6.44. The molecule has 144 valence electrons. The van der Waals surface area contributed by atoms with Gasteiger partial charge in [-0.15, -0.1) is 0 Å². The molecule has 1 heterocycles. The van der Waals surface area contributed by atoms with Gasteiger partial charge in [-0.3, -0.25) is 4.79 Å². The Balaban J connectivity index is 1.59. The Kier molecular flexibility index (Phi) is 6.16. The lowest BCUT2D eigenvalue weighted by Gasteiger charge is -2.10. The molecule has 0 fully saturated rings. The first kappa shape index (κ1) is 19.7. The molecule has 5 nitrogen and oxygen atoms in total. The van der Waals surface area contributed by atoms with Crippen LogP contribution in [0.4, 0.5) is 0 Å². The predicted molar refractivity (Wildman–Crippen MR) is 109 cm³/mol. The topological polar surface area (TPSA) is 60.3 Å². The summed E-state index contributed by atoms with van der Waals surface area (Å²) in [4.78, 5) is 24.4. The first-order chi connectivity index (χ1) is 13.5. The molecule has 0 unspecified atom stereocenters. The Labute approximate surface area is 168 Å². The van der Waals surface area contributed by atoms with Gasteiger partial charge in [0.25, 0.3) is 5.91 Å². The molecule has 0 atom stereocenters. The van der Waals surface area contributed by atoms with Crippen LogP contribution in [0.1, 0.15) is 27.3 Å². The molecule has 2 aromatic carbocycles. The normalized spacial score (nSPS) is 10.5. The van der Waals surface area contributed by atoms with Gasteiger partial charge in [0.05, 0.1) is 5.56 Å². The Morgan fingerprint density at radius 2 is 1.71 bits per heavy atom. The molecule has 3 rings (SSSR count). The molecule has 6 heteroatoms. The van der Waals surface area contributed by atoms with Crippen LogP contribution in [0.25, 0.3) is 5.69 Å². The Hall–Kier alpha value is -3.05. The van der Waals surface area contributed by atoms with E-state index in [2.05, 4.69) is 5.32 Å². The highest BCUT2D eigenvalue weighted by Gasteiger charge is 2.18. The number of aromatic nitrogens is 1. The van der Waals surface area contributed by atoms with Crippen LogP contribution in [0.2, 0.25) is 5.02 Å². The number of nitrogens with zero attached hydrogens (tertiary/aromatic N) is 1. The van der Waals surface area contributed by atoms with Crippen molar-refractivity contribution in [1.29, 1.82) is 0 Å². The molecule has 1 amide bonds. The molecule has 28 heavy (non-hydrogen) atoms. The number of hydrogen-bond donors (Lipinski definition) is 1. The second-order valence-corrected chi connectivity index (χ2v) is 6.87. The number of aryl methyl sites for hydroxylation is 1. The van der Waals surface area contributed by atoms with Crippen LogP contribution in [0, 0.1) is 13.8 Å². The summed E-state index contributed by atoms with van der Waals surface area (Å²) >= 11 is 5.84. The molecule has 0 aliphatic rings. The van der Waals surface area contributed by atoms with Gasteiger partial charge in [-0.25, -0.2) is 4.79 Å². The summed E-state index contributed by atoms with van der Waals surface area (Å²) in [5.41, 5.74) is 4.03. The molecular formula is C22H21ClN2O3. The van der Waals surface area contributed by atoms with Gasteiger partial charge < -0.3 is 14.6 Å². The molecule has 0 bridgehead atoms. The van der Waals surface area contributed by atoms with E-state index in [4.69, 9.17) is 16.3 Å². The van der Waals surface area contributed by atoms with Gasteiger partial charge in [-0.1, -0.05) is 41.9 Å². The summed E-state index contributed by atoms with van der Waals surface area (Å²) in [5.74, 6) is -0.878. The summed E-state index contributed by atoms with van der Waals surface area (Å²) in [7, 11) is 0. The van der Waals surface area contributed by atoms with Gasteiger partial charge in [0.1, 0.15) is 0 Å². The van der Waals surface area contributed by atoms with Crippen molar-refractivity contribution >= 4 is 23.5 Å². The van der Waals surface area contributed by atoms with Crippen LogP contribution in [0.15, 0.2) is 60.7 Å². The van der Waals surface area contributed by atoms with Gasteiger partial charge in [0, 0.05) is 28.6 Å². The number of ether oxygens (including phenoxy) is 1. The monoisotopic (exact) mass is 396 g/mol. The molecular weight excluding hydrogens is 376 g/mol. The Morgan fingerprint density at radius 3 is 2.39 bits per heavy atom. The zero-order chi connectivity index (χ0) is 20.1. The second kappa shape index (κ2) is 8.76. The molecule has 3 aromatic rings. The number of hydrogen-bond acceptors (Lipinski definition) is 3. The van der Waals surface area contributed by atoms with Gasteiger partial charge in [-0.05, 0) is 49.7 Å². The third kappa shape index (κ3) is 4.61. The summed E-state index contributed by atoms with van der Waals surface area (Å²) in [5, 5.41) is 3.35. The number of amides is 1. The third-order valence-corrected chi connectivity index (χ3v) is 4.65. The fourth-order valence-electron chi connectivity index (χ4n) is 3.01. The average molecular weight is 397 g/mol. The lowest BCUT2D eigenvalue weighted by atomic mass is 10.2. The summed E-state index contributed by atoms with van der Waals surface area (Å²) in [6, 6.07) is 18.7. The minimum Gasteiger partial charge on any atom is -0.452 e. The molecule has 1 N–H and O–H groups in total. The van der Waals surface area contributed by atoms with E-state index in [0.717, 1.165) is 22.6 Å². The largest absolute Gasteiger partial charge is 0.452 e. The molecule has 0 saturated heterocycles. The van der Waals surface area contributed by atoms with Crippen LogP contribution in [0.5, 0.6) is 0 Å². The van der Waals surface area contributed by atoms with Crippen molar-refractivity contribution in [2.75, 3.05) is 6.61 Å². The van der Waals surface area contributed by atoms with Crippen molar-refractivity contribution in [3.05, 3.63) is 88.2 Å². The SMILES string of the molecule is Cc1cc(C(=O)OCC(=O)NCc2ccc(Cl)cc2)c(C)n1-c1ccccc1. The maximum atomic E-state index is 12.4. The van der Waals surface area contributed by atoms with Crippen molar-refractivity contribution < 1.29 is 14.3 Å². The maximum absolute atomic E-state index is 12.4. The lowest BCUT2D eigenvalue weighted by Crippen LogP contribution is -2.28. The first-order valence-electron chi connectivity index (χ1n) is 8.88. The first-order valence-corrected chi connectivity index (χ1v) is 9.26. The fourth-order valence-corrected chi connectivity index (χ4v) is 3.13. The number of benzene rings is 2. The number of carbonyl (C=O) groups is 2. The number of halogens is 1. The number of esters is 1. The highest BCUT2D eigenvalue weighted by molar-refractivity contribution is 6.30. The van der Waals surface area contributed by atoms with Crippen LogP contribution in [-0.4, -0.2) is 23.1 Å². The predicted octanol–water partition coefficient (Wildman–Crippen LogP) is 4.22. The van der Waals surface area contributed by atoms with Crippen molar-refractivity contribution in [1.82, 2.24) is 9.88 Å². The van der Waals surface area contributed by atoms with Gasteiger partial charge >= 0.3 is 5.97 Å².